The number of anilines is 1. The lowest BCUT2D eigenvalue weighted by atomic mass is 10.5. The van der Waals surface area contributed by atoms with Crippen molar-refractivity contribution in [2.45, 2.75) is 17.3 Å². The van der Waals surface area contributed by atoms with Crippen molar-refractivity contribution in [1.82, 2.24) is 15.1 Å². The number of rotatable bonds is 8. The molecule has 2 aromatic rings. The Bertz CT molecular complexity index is 678. The van der Waals surface area contributed by atoms with Crippen LogP contribution in [0, 0.1) is 0 Å². The topological polar surface area (TPSA) is 85.3 Å². The van der Waals surface area contributed by atoms with E-state index >= 15 is 0 Å². The molecule has 9 heteroatoms. The first kappa shape index (κ1) is 16.0. The summed E-state index contributed by atoms with van der Waals surface area (Å²) in [5.74, 6) is 0. The van der Waals surface area contributed by atoms with Crippen molar-refractivity contribution in [3.8, 4) is 0 Å². The monoisotopic (exact) mass is 330 g/mol. The molecule has 0 fully saturated rings. The van der Waals surface area contributed by atoms with Crippen LogP contribution in [0.3, 0.4) is 0 Å². The van der Waals surface area contributed by atoms with Gasteiger partial charge in [0.2, 0.25) is 0 Å². The Balaban J connectivity index is 2.07. The van der Waals surface area contributed by atoms with E-state index in [9.17, 15) is 8.42 Å². The molecule has 0 radical (unpaired) electrons. The van der Waals surface area contributed by atoms with Crippen LogP contribution in [0.15, 0.2) is 28.7 Å². The molecule has 2 aromatic heterocycles. The number of methoxy groups -OCH3 is 1. The standard InChI is InChI=1S/C12H18N4O3S2/c1-13-8-11-3-4-12(20-11)21(17,18)15-10-7-14-16(9-10)5-6-19-2/h3-4,7,9,13,15H,5-6,8H2,1-2H3. The Hall–Kier alpha value is -1.42. The first-order chi connectivity index (χ1) is 10.0. The van der Waals surface area contributed by atoms with Gasteiger partial charge >= 0.3 is 0 Å². The minimum atomic E-state index is -3.56. The second-order valence-corrected chi connectivity index (χ2v) is 7.42. The fourth-order valence-corrected chi connectivity index (χ4v) is 4.10. The van der Waals surface area contributed by atoms with Crippen LogP contribution in [0.25, 0.3) is 0 Å². The number of hydrogen-bond acceptors (Lipinski definition) is 6. The average molecular weight is 330 g/mol. The number of thiophene rings is 1. The zero-order valence-corrected chi connectivity index (χ0v) is 13.5. The lowest BCUT2D eigenvalue weighted by molar-refractivity contribution is 0.183. The molecule has 0 saturated carbocycles. The van der Waals surface area contributed by atoms with E-state index in [1.165, 1.54) is 17.5 Å². The van der Waals surface area contributed by atoms with Gasteiger partial charge in [-0.05, 0) is 19.2 Å². The smallest absolute Gasteiger partial charge is 0.271 e. The molecule has 0 aliphatic heterocycles. The maximum absolute atomic E-state index is 12.3. The average Bonchev–Trinajstić information content (AvgIpc) is 3.06. The molecule has 116 valence electrons. The first-order valence-corrected chi connectivity index (χ1v) is 8.62. The summed E-state index contributed by atoms with van der Waals surface area (Å²) in [6.45, 7) is 1.74. The van der Waals surface area contributed by atoms with E-state index in [4.69, 9.17) is 4.74 Å². The molecule has 0 bridgehead atoms. The van der Waals surface area contributed by atoms with Gasteiger partial charge in [-0.2, -0.15) is 5.10 Å². The third kappa shape index (κ3) is 4.27. The molecule has 0 amide bonds. The Kier molecular flexibility index (Phi) is 5.34. The maximum Gasteiger partial charge on any atom is 0.271 e. The highest BCUT2D eigenvalue weighted by Crippen LogP contribution is 2.23. The molecule has 7 nitrogen and oxygen atoms in total. The molecule has 0 unspecified atom stereocenters. The van der Waals surface area contributed by atoms with Gasteiger partial charge in [0.15, 0.2) is 0 Å². The van der Waals surface area contributed by atoms with E-state index in [-0.39, 0.29) is 4.21 Å². The molecule has 2 heterocycles. The van der Waals surface area contributed by atoms with Gasteiger partial charge in [0, 0.05) is 24.7 Å². The number of nitrogens with one attached hydrogen (secondary N) is 2. The molecule has 0 aliphatic rings. The zero-order valence-electron chi connectivity index (χ0n) is 11.9. The lowest BCUT2D eigenvalue weighted by Crippen LogP contribution is -2.11. The van der Waals surface area contributed by atoms with Crippen LogP contribution >= 0.6 is 11.3 Å². The Morgan fingerprint density at radius 2 is 2.24 bits per heavy atom. The van der Waals surface area contributed by atoms with Gasteiger partial charge in [0.05, 0.1) is 25.0 Å². The second kappa shape index (κ2) is 7.03. The maximum atomic E-state index is 12.3. The number of sulfonamides is 1. The van der Waals surface area contributed by atoms with E-state index in [0.29, 0.717) is 25.4 Å². The quantitative estimate of drug-likeness (QED) is 0.757. The van der Waals surface area contributed by atoms with E-state index in [1.54, 1.807) is 30.1 Å². The Morgan fingerprint density at radius 3 is 2.95 bits per heavy atom. The summed E-state index contributed by atoms with van der Waals surface area (Å²) in [5, 5.41) is 7.06. The van der Waals surface area contributed by atoms with Crippen molar-refractivity contribution in [3.63, 3.8) is 0 Å². The van der Waals surface area contributed by atoms with Crippen LogP contribution in [0.1, 0.15) is 4.88 Å². The van der Waals surface area contributed by atoms with Gasteiger partial charge in [-0.15, -0.1) is 11.3 Å². The van der Waals surface area contributed by atoms with Crippen LogP contribution in [0.4, 0.5) is 5.69 Å². The molecule has 0 aliphatic carbocycles. The Labute approximate surface area is 128 Å². The van der Waals surface area contributed by atoms with Gasteiger partial charge < -0.3 is 10.1 Å². The predicted molar refractivity (Wildman–Crippen MR) is 82.0 cm³/mol. The SMILES string of the molecule is CNCc1ccc(S(=O)(=O)Nc2cnn(CCOC)c2)s1. The molecule has 0 spiro atoms. The molecular weight excluding hydrogens is 312 g/mol. The molecule has 21 heavy (non-hydrogen) atoms. The van der Waals surface area contributed by atoms with E-state index in [0.717, 1.165) is 4.88 Å². The van der Waals surface area contributed by atoms with Crippen molar-refractivity contribution < 1.29 is 13.2 Å². The van der Waals surface area contributed by atoms with Gasteiger partial charge in [-0.3, -0.25) is 9.40 Å². The minimum absolute atomic E-state index is 0.289. The fraction of sp³-hybridized carbons (Fsp3) is 0.417. The summed E-state index contributed by atoms with van der Waals surface area (Å²) in [6.07, 6.45) is 3.12. The van der Waals surface area contributed by atoms with Gasteiger partial charge in [0.25, 0.3) is 10.0 Å². The highest BCUT2D eigenvalue weighted by molar-refractivity contribution is 7.94. The summed E-state index contributed by atoms with van der Waals surface area (Å²) < 4.78 is 33.9. The number of aromatic nitrogens is 2. The molecule has 2 N–H and O–H groups in total. The summed E-state index contributed by atoms with van der Waals surface area (Å²) in [7, 11) is -0.138. The molecule has 0 aromatic carbocycles. The highest BCUT2D eigenvalue weighted by atomic mass is 32.2. The molecule has 0 saturated heterocycles. The highest BCUT2D eigenvalue weighted by Gasteiger charge is 2.17. The van der Waals surface area contributed by atoms with Crippen molar-refractivity contribution in [2.75, 3.05) is 25.5 Å². The number of hydrogen-bond donors (Lipinski definition) is 2. The van der Waals surface area contributed by atoms with Crippen molar-refractivity contribution >= 4 is 27.0 Å². The summed E-state index contributed by atoms with van der Waals surface area (Å²) in [5.41, 5.74) is 0.440. The van der Waals surface area contributed by atoms with Crippen LogP contribution in [-0.4, -0.2) is 39.0 Å². The molecule has 0 atom stereocenters. The minimum Gasteiger partial charge on any atom is -0.383 e. The Morgan fingerprint density at radius 1 is 1.43 bits per heavy atom. The third-order valence-electron chi connectivity index (χ3n) is 2.66. The lowest BCUT2D eigenvalue weighted by Gasteiger charge is -2.03. The zero-order chi connectivity index (χ0) is 15.3. The predicted octanol–water partition coefficient (Wildman–Crippen LogP) is 1.11. The van der Waals surface area contributed by atoms with Crippen LogP contribution in [0.5, 0.6) is 0 Å². The van der Waals surface area contributed by atoms with Crippen LogP contribution in [-0.2, 0) is 27.8 Å². The summed E-state index contributed by atoms with van der Waals surface area (Å²) in [6, 6.07) is 3.41. The number of ether oxygens (including phenoxy) is 1. The first-order valence-electron chi connectivity index (χ1n) is 6.32. The molecule has 2 rings (SSSR count). The summed E-state index contributed by atoms with van der Waals surface area (Å²) in [4.78, 5) is 0.966. The van der Waals surface area contributed by atoms with Gasteiger partial charge in [0.1, 0.15) is 4.21 Å². The van der Waals surface area contributed by atoms with E-state index in [2.05, 4.69) is 15.1 Å². The van der Waals surface area contributed by atoms with E-state index < -0.39 is 10.0 Å². The van der Waals surface area contributed by atoms with E-state index in [1.807, 2.05) is 7.05 Å². The van der Waals surface area contributed by atoms with Crippen molar-refractivity contribution in [3.05, 3.63) is 29.4 Å². The van der Waals surface area contributed by atoms with Gasteiger partial charge in [-0.1, -0.05) is 0 Å². The van der Waals surface area contributed by atoms with Crippen LogP contribution < -0.4 is 10.0 Å². The fourth-order valence-electron chi connectivity index (χ4n) is 1.70. The third-order valence-corrected chi connectivity index (χ3v) is 5.62. The largest absolute Gasteiger partial charge is 0.383 e. The van der Waals surface area contributed by atoms with Gasteiger partial charge in [-0.25, -0.2) is 8.42 Å². The normalized spacial score (nSPS) is 11.7. The molecular formula is C12H18N4O3S2. The summed E-state index contributed by atoms with van der Waals surface area (Å²) >= 11 is 1.24. The second-order valence-electron chi connectivity index (χ2n) is 4.34. The van der Waals surface area contributed by atoms with Crippen LogP contribution in [0.2, 0.25) is 0 Å². The van der Waals surface area contributed by atoms with Crippen molar-refractivity contribution in [2.24, 2.45) is 0 Å². The van der Waals surface area contributed by atoms with Crippen molar-refractivity contribution in [1.29, 1.82) is 0 Å². The number of nitrogens with zero attached hydrogens (tertiary/aromatic N) is 2.